The van der Waals surface area contributed by atoms with E-state index in [2.05, 4.69) is 4.98 Å². The third kappa shape index (κ3) is 2.22. The molecule has 0 amide bonds. The first-order chi connectivity index (χ1) is 10.3. The molecule has 21 heavy (non-hydrogen) atoms. The van der Waals surface area contributed by atoms with Crippen LogP contribution in [-0.4, -0.2) is 9.38 Å². The molecule has 102 valence electrons. The van der Waals surface area contributed by atoms with Crippen LogP contribution in [0.15, 0.2) is 71.4 Å². The minimum Gasteiger partial charge on any atom is -0.454 e. The average Bonchev–Trinajstić information content (AvgIpc) is 3.14. The van der Waals surface area contributed by atoms with E-state index in [1.165, 1.54) is 0 Å². The van der Waals surface area contributed by atoms with Gasteiger partial charge in [-0.2, -0.15) is 0 Å². The van der Waals surface area contributed by atoms with Crippen molar-refractivity contribution >= 4 is 17.2 Å². The van der Waals surface area contributed by atoms with Crippen LogP contribution in [0.3, 0.4) is 0 Å². The lowest BCUT2D eigenvalue weighted by Gasteiger charge is -1.96. The topological polar surface area (TPSA) is 30.4 Å². The fourth-order valence-electron chi connectivity index (χ4n) is 2.30. The fraction of sp³-hybridized carbons (Fsp3) is 0. The van der Waals surface area contributed by atoms with E-state index in [4.69, 9.17) is 16.0 Å². The lowest BCUT2D eigenvalue weighted by Crippen LogP contribution is -1.77. The molecule has 0 aliphatic carbocycles. The van der Waals surface area contributed by atoms with Crippen LogP contribution in [0.2, 0.25) is 5.02 Å². The van der Waals surface area contributed by atoms with Gasteiger partial charge in [0.25, 0.3) is 0 Å². The third-order valence-electron chi connectivity index (χ3n) is 3.35. The van der Waals surface area contributed by atoms with Crippen LogP contribution < -0.4 is 0 Å². The molecule has 0 saturated heterocycles. The van der Waals surface area contributed by atoms with Crippen LogP contribution >= 0.6 is 11.6 Å². The summed E-state index contributed by atoms with van der Waals surface area (Å²) in [5.41, 5.74) is 2.72. The van der Waals surface area contributed by atoms with Gasteiger partial charge in [-0.25, -0.2) is 4.98 Å². The van der Waals surface area contributed by atoms with Crippen LogP contribution in [0, 0.1) is 0 Å². The summed E-state index contributed by atoms with van der Waals surface area (Å²) in [6.07, 6.45) is 3.93. The molecule has 1 aromatic carbocycles. The molecular formula is C17H11ClN2O. The van der Waals surface area contributed by atoms with Crippen molar-refractivity contribution in [2.24, 2.45) is 0 Å². The smallest absolute Gasteiger partial charge is 0.154 e. The fourth-order valence-corrected chi connectivity index (χ4v) is 2.42. The Kier molecular flexibility index (Phi) is 2.79. The molecule has 0 N–H and O–H groups in total. The number of benzene rings is 1. The highest BCUT2D eigenvalue weighted by molar-refractivity contribution is 6.30. The molecule has 4 rings (SSSR count). The zero-order valence-electron chi connectivity index (χ0n) is 11.0. The molecule has 0 atom stereocenters. The van der Waals surface area contributed by atoms with Crippen LogP contribution in [-0.2, 0) is 0 Å². The number of aromatic nitrogens is 2. The zero-order chi connectivity index (χ0) is 14.2. The Balaban J connectivity index is 1.75. The zero-order valence-corrected chi connectivity index (χ0v) is 11.8. The lowest BCUT2D eigenvalue weighted by atomic mass is 10.2. The standard InChI is InChI=1S/C17H11ClN2O/c18-13-6-4-12(5-7-13)15-8-9-16(21-15)14-11-20-10-2-1-3-17(20)19-14/h1-11H. The second kappa shape index (κ2) is 4.79. The van der Waals surface area contributed by atoms with Crippen LogP contribution in [0.4, 0.5) is 0 Å². The summed E-state index contributed by atoms with van der Waals surface area (Å²) >= 11 is 5.90. The number of imidazole rings is 1. The molecule has 3 nitrogen and oxygen atoms in total. The van der Waals surface area contributed by atoms with Crippen LogP contribution in [0.1, 0.15) is 0 Å². The van der Waals surface area contributed by atoms with Crippen molar-refractivity contribution in [1.29, 1.82) is 0 Å². The number of furan rings is 1. The number of hydrogen-bond donors (Lipinski definition) is 0. The van der Waals surface area contributed by atoms with Crippen LogP contribution in [0.25, 0.3) is 28.4 Å². The summed E-state index contributed by atoms with van der Waals surface area (Å²) in [6, 6.07) is 17.4. The first-order valence-corrected chi connectivity index (χ1v) is 6.97. The van der Waals surface area contributed by atoms with Crippen molar-refractivity contribution in [3.63, 3.8) is 0 Å². The van der Waals surface area contributed by atoms with Gasteiger partial charge in [-0.3, -0.25) is 0 Å². The summed E-state index contributed by atoms with van der Waals surface area (Å²) in [5.74, 6) is 1.56. The molecule has 0 unspecified atom stereocenters. The largest absolute Gasteiger partial charge is 0.454 e. The Labute approximate surface area is 126 Å². The molecule has 0 aliphatic heterocycles. The van der Waals surface area contributed by atoms with Gasteiger partial charge in [-0.05, 0) is 48.5 Å². The molecule has 0 bridgehead atoms. The maximum Gasteiger partial charge on any atom is 0.154 e. The minimum atomic E-state index is 0.714. The first kappa shape index (κ1) is 12.2. The Morgan fingerprint density at radius 1 is 0.905 bits per heavy atom. The van der Waals surface area contributed by atoms with E-state index in [0.29, 0.717) is 5.02 Å². The Morgan fingerprint density at radius 3 is 2.52 bits per heavy atom. The van der Waals surface area contributed by atoms with Crippen molar-refractivity contribution in [2.45, 2.75) is 0 Å². The third-order valence-corrected chi connectivity index (χ3v) is 3.60. The first-order valence-electron chi connectivity index (χ1n) is 6.59. The van der Waals surface area contributed by atoms with Gasteiger partial charge in [0, 0.05) is 23.0 Å². The van der Waals surface area contributed by atoms with Crippen LogP contribution in [0.5, 0.6) is 0 Å². The monoisotopic (exact) mass is 294 g/mol. The molecule has 0 spiro atoms. The summed E-state index contributed by atoms with van der Waals surface area (Å²) in [5, 5.41) is 0.714. The summed E-state index contributed by atoms with van der Waals surface area (Å²) in [6.45, 7) is 0. The van der Waals surface area contributed by atoms with Crippen molar-refractivity contribution in [2.75, 3.05) is 0 Å². The van der Waals surface area contributed by atoms with E-state index >= 15 is 0 Å². The van der Waals surface area contributed by atoms with E-state index in [0.717, 1.165) is 28.4 Å². The second-order valence-electron chi connectivity index (χ2n) is 4.76. The number of rotatable bonds is 2. The maximum atomic E-state index is 5.91. The quantitative estimate of drug-likeness (QED) is 0.525. The van der Waals surface area contributed by atoms with E-state index in [-0.39, 0.29) is 0 Å². The Morgan fingerprint density at radius 2 is 1.71 bits per heavy atom. The highest BCUT2D eigenvalue weighted by Crippen LogP contribution is 2.28. The molecule has 0 saturated carbocycles. The van der Waals surface area contributed by atoms with Gasteiger partial charge in [0.15, 0.2) is 5.76 Å². The van der Waals surface area contributed by atoms with Crippen molar-refractivity contribution < 1.29 is 4.42 Å². The van der Waals surface area contributed by atoms with Gasteiger partial charge in [-0.1, -0.05) is 17.7 Å². The van der Waals surface area contributed by atoms with E-state index in [9.17, 15) is 0 Å². The summed E-state index contributed by atoms with van der Waals surface area (Å²) < 4.78 is 7.88. The SMILES string of the molecule is Clc1ccc(-c2ccc(-c3cn4ccccc4n3)o2)cc1. The number of pyridine rings is 1. The molecule has 0 aliphatic rings. The molecule has 3 aromatic heterocycles. The van der Waals surface area contributed by atoms with Crippen molar-refractivity contribution in [3.05, 3.63) is 72.0 Å². The van der Waals surface area contributed by atoms with Gasteiger partial charge in [0.1, 0.15) is 17.1 Å². The number of hydrogen-bond acceptors (Lipinski definition) is 2. The normalized spacial score (nSPS) is 11.1. The van der Waals surface area contributed by atoms with Gasteiger partial charge >= 0.3 is 0 Å². The average molecular weight is 295 g/mol. The van der Waals surface area contributed by atoms with Gasteiger partial charge in [0.05, 0.1) is 0 Å². The van der Waals surface area contributed by atoms with E-state index < -0.39 is 0 Å². The van der Waals surface area contributed by atoms with E-state index in [1.807, 2.05) is 71.4 Å². The summed E-state index contributed by atoms with van der Waals surface area (Å²) in [4.78, 5) is 4.55. The second-order valence-corrected chi connectivity index (χ2v) is 5.20. The Bertz CT molecular complexity index is 873. The molecular weight excluding hydrogens is 284 g/mol. The molecule has 4 heteroatoms. The molecule has 4 aromatic rings. The molecule has 3 heterocycles. The minimum absolute atomic E-state index is 0.714. The highest BCUT2D eigenvalue weighted by Gasteiger charge is 2.10. The van der Waals surface area contributed by atoms with Gasteiger partial charge in [-0.15, -0.1) is 0 Å². The molecule has 0 fully saturated rings. The van der Waals surface area contributed by atoms with E-state index in [1.54, 1.807) is 0 Å². The molecule has 0 radical (unpaired) electrons. The van der Waals surface area contributed by atoms with Gasteiger partial charge < -0.3 is 8.82 Å². The maximum absolute atomic E-state index is 5.91. The lowest BCUT2D eigenvalue weighted by molar-refractivity contribution is 0.595. The predicted molar refractivity (Wildman–Crippen MR) is 83.3 cm³/mol. The van der Waals surface area contributed by atoms with Gasteiger partial charge in [0.2, 0.25) is 0 Å². The highest BCUT2D eigenvalue weighted by atomic mass is 35.5. The number of nitrogens with zero attached hydrogens (tertiary/aromatic N) is 2. The Hall–Kier alpha value is -2.52. The predicted octanol–water partition coefficient (Wildman–Crippen LogP) is 4.91. The number of fused-ring (bicyclic) bond motifs is 1. The number of halogens is 1. The van der Waals surface area contributed by atoms with Crippen molar-refractivity contribution in [1.82, 2.24) is 9.38 Å². The van der Waals surface area contributed by atoms with Crippen molar-refractivity contribution in [3.8, 4) is 22.8 Å². The summed E-state index contributed by atoms with van der Waals surface area (Å²) in [7, 11) is 0.